The lowest BCUT2D eigenvalue weighted by atomic mass is 9.80. The van der Waals surface area contributed by atoms with E-state index < -0.39 is 23.1 Å². The van der Waals surface area contributed by atoms with E-state index >= 15 is 0 Å². The van der Waals surface area contributed by atoms with E-state index in [4.69, 9.17) is 19.8 Å². The fourth-order valence-electron chi connectivity index (χ4n) is 5.67. The van der Waals surface area contributed by atoms with Crippen LogP contribution in [0.2, 0.25) is 0 Å². The van der Waals surface area contributed by atoms with Crippen molar-refractivity contribution in [2.45, 2.75) is 87.6 Å². The number of nitrogens with zero attached hydrogens (tertiary/aromatic N) is 4. The molecular weight excluding hydrogens is 502 g/mol. The van der Waals surface area contributed by atoms with E-state index in [1.807, 2.05) is 30.3 Å². The van der Waals surface area contributed by atoms with Gasteiger partial charge in [0.2, 0.25) is 5.16 Å². The van der Waals surface area contributed by atoms with E-state index in [1.165, 1.54) is 32.1 Å². The molecule has 3 N–H and O–H groups in total. The Morgan fingerprint density at radius 2 is 1.87 bits per heavy atom. The highest BCUT2D eigenvalue weighted by molar-refractivity contribution is 7.85. The second-order valence-corrected chi connectivity index (χ2v) is 12.4. The first-order valence-electron chi connectivity index (χ1n) is 13.7. The van der Waals surface area contributed by atoms with Gasteiger partial charge in [0.25, 0.3) is 0 Å². The molecule has 2 unspecified atom stereocenters. The number of hydroxylamine groups is 1. The lowest BCUT2D eigenvalue weighted by Gasteiger charge is -2.32. The largest absolute Gasteiger partial charge is 0.427 e. The van der Waals surface area contributed by atoms with Crippen molar-refractivity contribution in [1.82, 2.24) is 30.3 Å². The standard InChI is InChI=1S/C27H35N7O3S/c1-16-11-13-18(14-12-16)15-34-21-22(28-17(2)19-7-6-8-19)29-24(25-32-27(35)37-33-25)30-23(21)31-26(34)38(36)20-9-4-3-5-10-20/h3-5,9-10,16-19,25,33H,6-8,11-15H2,1-2H3,(H,32,35)(H,28,29,30)/t16?,17-,18?,25?,38?/m1/s1. The van der Waals surface area contributed by atoms with Crippen LogP contribution in [-0.2, 0) is 22.2 Å². The van der Waals surface area contributed by atoms with Crippen LogP contribution in [0.25, 0.3) is 11.2 Å². The number of rotatable bonds is 8. The molecule has 2 aliphatic carbocycles. The van der Waals surface area contributed by atoms with Crippen molar-refractivity contribution in [3.05, 3.63) is 36.2 Å². The first-order valence-corrected chi connectivity index (χ1v) is 14.9. The van der Waals surface area contributed by atoms with Crippen LogP contribution < -0.4 is 16.1 Å². The summed E-state index contributed by atoms with van der Waals surface area (Å²) in [4.78, 5) is 31.7. The number of amides is 1. The third kappa shape index (κ3) is 5.01. The summed E-state index contributed by atoms with van der Waals surface area (Å²) >= 11 is 0. The van der Waals surface area contributed by atoms with Crippen LogP contribution in [0.1, 0.15) is 70.8 Å². The Morgan fingerprint density at radius 1 is 1.11 bits per heavy atom. The molecule has 1 amide bonds. The highest BCUT2D eigenvalue weighted by Crippen LogP contribution is 2.35. The zero-order valence-corrected chi connectivity index (χ0v) is 22.7. The van der Waals surface area contributed by atoms with Crippen molar-refractivity contribution in [2.24, 2.45) is 17.8 Å². The van der Waals surface area contributed by atoms with Gasteiger partial charge < -0.3 is 14.7 Å². The summed E-state index contributed by atoms with van der Waals surface area (Å²) in [5, 5.41) is 6.81. The van der Waals surface area contributed by atoms with Crippen molar-refractivity contribution >= 4 is 33.9 Å². The summed E-state index contributed by atoms with van der Waals surface area (Å²) in [5.74, 6) is 2.78. The van der Waals surface area contributed by atoms with Crippen LogP contribution in [0.15, 0.2) is 40.4 Å². The van der Waals surface area contributed by atoms with Crippen LogP contribution >= 0.6 is 0 Å². The first-order chi connectivity index (χ1) is 18.5. The zero-order chi connectivity index (χ0) is 26.2. The van der Waals surface area contributed by atoms with Crippen LogP contribution in [0.3, 0.4) is 0 Å². The Morgan fingerprint density at radius 3 is 2.53 bits per heavy atom. The van der Waals surface area contributed by atoms with Crippen molar-refractivity contribution in [1.29, 1.82) is 0 Å². The maximum absolute atomic E-state index is 13.9. The predicted octanol–water partition coefficient (Wildman–Crippen LogP) is 4.66. The number of carbonyl (C=O) groups is 1. The highest BCUT2D eigenvalue weighted by Gasteiger charge is 2.32. The third-order valence-electron chi connectivity index (χ3n) is 8.30. The molecule has 1 saturated heterocycles. The molecule has 3 aromatic rings. The van der Waals surface area contributed by atoms with Gasteiger partial charge in [-0.3, -0.25) is 5.32 Å². The quantitative estimate of drug-likeness (QED) is 0.379. The summed E-state index contributed by atoms with van der Waals surface area (Å²) in [5.41, 5.74) is 3.87. The molecule has 0 bridgehead atoms. The fraction of sp³-hybridized carbons (Fsp3) is 0.556. The van der Waals surface area contributed by atoms with Crippen LogP contribution in [-0.4, -0.2) is 35.9 Å². The van der Waals surface area contributed by atoms with Gasteiger partial charge in [0.05, 0.1) is 0 Å². The summed E-state index contributed by atoms with van der Waals surface area (Å²) in [7, 11) is -1.49. The van der Waals surface area contributed by atoms with Crippen LogP contribution in [0.5, 0.6) is 0 Å². The zero-order valence-electron chi connectivity index (χ0n) is 21.9. The minimum absolute atomic E-state index is 0.207. The smallest absolute Gasteiger partial charge is 0.365 e. The van der Waals surface area contributed by atoms with Crippen molar-refractivity contribution in [3.63, 3.8) is 0 Å². The second-order valence-electron chi connectivity index (χ2n) is 11.0. The van der Waals surface area contributed by atoms with Gasteiger partial charge in [-0.2, -0.15) is 4.98 Å². The van der Waals surface area contributed by atoms with Crippen molar-refractivity contribution < 1.29 is 13.8 Å². The summed E-state index contributed by atoms with van der Waals surface area (Å²) in [6.07, 6.45) is 7.00. The monoisotopic (exact) mass is 537 g/mol. The average Bonchev–Trinajstić information content (AvgIpc) is 3.48. The third-order valence-corrected chi connectivity index (χ3v) is 9.64. The van der Waals surface area contributed by atoms with E-state index in [9.17, 15) is 9.00 Å². The first kappa shape index (κ1) is 25.2. The van der Waals surface area contributed by atoms with Gasteiger partial charge in [0, 0.05) is 17.5 Å². The lowest BCUT2D eigenvalue weighted by Crippen LogP contribution is -2.32. The lowest BCUT2D eigenvalue weighted by molar-refractivity contribution is 0.120. The number of nitrogens with one attached hydrogen (secondary N) is 3. The van der Waals surface area contributed by atoms with E-state index in [-0.39, 0.29) is 6.04 Å². The Kier molecular flexibility index (Phi) is 7.05. The molecule has 0 spiro atoms. The van der Waals surface area contributed by atoms with Gasteiger partial charge >= 0.3 is 6.09 Å². The van der Waals surface area contributed by atoms with Crippen LogP contribution in [0, 0.1) is 17.8 Å². The number of imidazole rings is 1. The number of fused-ring (bicyclic) bond motifs is 1. The van der Waals surface area contributed by atoms with Gasteiger partial charge in [0.15, 0.2) is 23.5 Å². The Labute approximate surface area is 224 Å². The summed E-state index contributed by atoms with van der Waals surface area (Å²) in [6, 6.07) is 9.64. The van der Waals surface area contributed by atoms with Gasteiger partial charge in [0.1, 0.15) is 16.3 Å². The van der Waals surface area contributed by atoms with E-state index in [0.717, 1.165) is 24.3 Å². The minimum Gasteiger partial charge on any atom is -0.365 e. The SMILES string of the molecule is CC1CCC(Cn2c(S(=O)c3ccccc3)nc3nc(C4NOC(=O)N4)nc(N[C@H](C)C4CCC4)c32)CC1. The van der Waals surface area contributed by atoms with E-state index in [1.54, 1.807) is 0 Å². The Bertz CT molecular complexity index is 1340. The molecule has 11 heteroatoms. The van der Waals surface area contributed by atoms with Crippen LogP contribution in [0.4, 0.5) is 10.6 Å². The number of carbonyl (C=O) groups excluding carboxylic acids is 1. The molecule has 2 saturated carbocycles. The number of aromatic nitrogens is 4. The molecular formula is C27H35N7O3S. The fourth-order valence-corrected chi connectivity index (χ4v) is 6.82. The molecule has 1 aromatic carbocycles. The molecule has 10 nitrogen and oxygen atoms in total. The van der Waals surface area contributed by atoms with Gasteiger partial charge in [-0.05, 0) is 62.5 Å². The van der Waals surface area contributed by atoms with E-state index in [2.05, 4.69) is 34.5 Å². The van der Waals surface area contributed by atoms with Crippen molar-refractivity contribution in [3.8, 4) is 0 Å². The molecule has 3 fully saturated rings. The topological polar surface area (TPSA) is 123 Å². The molecule has 6 rings (SSSR count). The summed E-state index contributed by atoms with van der Waals surface area (Å²) < 4.78 is 16.0. The molecule has 202 valence electrons. The second kappa shape index (κ2) is 10.6. The summed E-state index contributed by atoms with van der Waals surface area (Å²) in [6.45, 7) is 5.22. The number of hydrogen-bond donors (Lipinski definition) is 3. The maximum atomic E-state index is 13.9. The Hall–Kier alpha value is -3.05. The van der Waals surface area contributed by atoms with Gasteiger partial charge in [-0.15, -0.1) is 5.48 Å². The molecule has 1 aliphatic heterocycles. The minimum atomic E-state index is -1.49. The molecule has 3 heterocycles. The molecule has 2 aromatic heterocycles. The number of hydrogen-bond acceptors (Lipinski definition) is 8. The van der Waals surface area contributed by atoms with Gasteiger partial charge in [-0.25, -0.2) is 19.0 Å². The number of anilines is 1. The average molecular weight is 538 g/mol. The van der Waals surface area contributed by atoms with Gasteiger partial charge in [-0.1, -0.05) is 44.4 Å². The molecule has 3 atom stereocenters. The van der Waals surface area contributed by atoms with Crippen molar-refractivity contribution in [2.75, 3.05) is 5.32 Å². The number of benzene rings is 1. The van der Waals surface area contributed by atoms with E-state index in [0.29, 0.717) is 45.7 Å². The molecule has 0 radical (unpaired) electrons. The normalized spacial score (nSPS) is 25.4. The highest BCUT2D eigenvalue weighted by atomic mass is 32.2. The predicted molar refractivity (Wildman–Crippen MR) is 143 cm³/mol. The Balaban J connectivity index is 1.47. The molecule has 38 heavy (non-hydrogen) atoms. The molecule has 3 aliphatic rings. The maximum Gasteiger partial charge on any atom is 0.427 e.